The van der Waals surface area contributed by atoms with E-state index in [-0.39, 0.29) is 17.5 Å². The molecule has 0 aliphatic rings. The molecule has 0 unspecified atom stereocenters. The monoisotopic (exact) mass is 277 g/mol. The second kappa shape index (κ2) is 5.77. The first-order valence-corrected chi connectivity index (χ1v) is 6.24. The Morgan fingerprint density at radius 3 is 2.70 bits per heavy atom. The predicted octanol–water partition coefficient (Wildman–Crippen LogP) is 1.48. The minimum absolute atomic E-state index is 0.114. The molecule has 0 radical (unpaired) electrons. The molecule has 6 nitrogen and oxygen atoms in total. The largest absolute Gasteiger partial charge is 0.342 e. The smallest absolute Gasteiger partial charge is 0.253 e. The van der Waals surface area contributed by atoms with Crippen LogP contribution in [0.25, 0.3) is 0 Å². The first-order chi connectivity index (χ1) is 9.49. The van der Waals surface area contributed by atoms with E-state index in [0.29, 0.717) is 5.82 Å². The number of nitrogens with zero attached hydrogens (tertiary/aromatic N) is 4. The van der Waals surface area contributed by atoms with Gasteiger partial charge in [0.05, 0.1) is 17.8 Å². The van der Waals surface area contributed by atoms with Gasteiger partial charge < -0.3 is 5.32 Å². The Balaban J connectivity index is 2.21. The maximum atomic E-state index is 13.1. The molecule has 20 heavy (non-hydrogen) atoms. The first-order valence-electron chi connectivity index (χ1n) is 6.24. The normalized spacial score (nSPS) is 12.4. The van der Waals surface area contributed by atoms with Crippen molar-refractivity contribution in [3.8, 4) is 0 Å². The Morgan fingerprint density at radius 2 is 2.15 bits per heavy atom. The third-order valence-corrected chi connectivity index (χ3v) is 2.94. The maximum Gasteiger partial charge on any atom is 0.253 e. The Morgan fingerprint density at radius 1 is 1.40 bits per heavy atom. The van der Waals surface area contributed by atoms with Gasteiger partial charge in [-0.3, -0.25) is 14.5 Å². The minimum atomic E-state index is -0.544. The van der Waals surface area contributed by atoms with Crippen molar-refractivity contribution in [1.29, 1.82) is 0 Å². The molecule has 0 saturated carbocycles. The Kier molecular flexibility index (Phi) is 4.07. The van der Waals surface area contributed by atoms with E-state index in [1.54, 1.807) is 11.7 Å². The third kappa shape index (κ3) is 2.98. The molecule has 2 aromatic heterocycles. The van der Waals surface area contributed by atoms with Crippen LogP contribution in [-0.2, 0) is 7.05 Å². The summed E-state index contributed by atoms with van der Waals surface area (Å²) in [6.07, 6.45) is 3.81. The molecular formula is C13H16FN5O. The van der Waals surface area contributed by atoms with Crippen LogP contribution >= 0.6 is 0 Å². The zero-order valence-electron chi connectivity index (χ0n) is 11.5. The van der Waals surface area contributed by atoms with Crippen LogP contribution in [-0.4, -0.2) is 25.7 Å². The molecule has 2 aromatic rings. The van der Waals surface area contributed by atoms with Gasteiger partial charge in [-0.25, -0.2) is 9.37 Å². The van der Waals surface area contributed by atoms with Crippen molar-refractivity contribution >= 4 is 5.91 Å². The molecule has 0 aliphatic heterocycles. The van der Waals surface area contributed by atoms with Crippen molar-refractivity contribution in [1.82, 2.24) is 25.1 Å². The number of halogens is 1. The number of hydrogen-bond acceptors (Lipinski definition) is 4. The summed E-state index contributed by atoms with van der Waals surface area (Å²) >= 11 is 0. The predicted molar refractivity (Wildman–Crippen MR) is 70.2 cm³/mol. The van der Waals surface area contributed by atoms with E-state index in [1.807, 2.05) is 13.8 Å². The van der Waals surface area contributed by atoms with Crippen LogP contribution in [0.5, 0.6) is 0 Å². The van der Waals surface area contributed by atoms with Crippen molar-refractivity contribution in [3.05, 3.63) is 42.0 Å². The van der Waals surface area contributed by atoms with Crippen LogP contribution < -0.4 is 5.32 Å². The van der Waals surface area contributed by atoms with Gasteiger partial charge in [0, 0.05) is 13.2 Å². The van der Waals surface area contributed by atoms with Crippen LogP contribution in [0.3, 0.4) is 0 Å². The molecule has 0 fully saturated rings. The van der Waals surface area contributed by atoms with Crippen LogP contribution in [0.4, 0.5) is 4.39 Å². The van der Waals surface area contributed by atoms with Crippen molar-refractivity contribution in [2.24, 2.45) is 13.0 Å². The lowest BCUT2D eigenvalue weighted by atomic mass is 10.0. The number of aryl methyl sites for hydroxylation is 1. The summed E-state index contributed by atoms with van der Waals surface area (Å²) in [4.78, 5) is 20.0. The van der Waals surface area contributed by atoms with E-state index in [0.717, 1.165) is 12.3 Å². The first kappa shape index (κ1) is 14.1. The van der Waals surface area contributed by atoms with Gasteiger partial charge in [0.2, 0.25) is 0 Å². The van der Waals surface area contributed by atoms with Crippen molar-refractivity contribution in [2.75, 3.05) is 0 Å². The molecule has 1 atom stereocenters. The fraction of sp³-hybridized carbons (Fsp3) is 0.385. The summed E-state index contributed by atoms with van der Waals surface area (Å²) in [5.41, 5.74) is 0.179. The highest BCUT2D eigenvalue weighted by atomic mass is 19.1. The summed E-state index contributed by atoms with van der Waals surface area (Å²) in [6, 6.07) is 0.842. The molecule has 106 valence electrons. The van der Waals surface area contributed by atoms with Crippen LogP contribution in [0, 0.1) is 11.7 Å². The molecule has 1 amide bonds. The molecule has 0 aliphatic carbocycles. The molecule has 2 rings (SSSR count). The lowest BCUT2D eigenvalue weighted by molar-refractivity contribution is 0.0921. The molecule has 2 heterocycles. The number of amides is 1. The fourth-order valence-electron chi connectivity index (χ4n) is 1.88. The Hall–Kier alpha value is -2.31. The topological polar surface area (TPSA) is 72.7 Å². The average Bonchev–Trinajstić information content (AvgIpc) is 2.81. The van der Waals surface area contributed by atoms with Gasteiger partial charge in [-0.15, -0.1) is 0 Å². The average molecular weight is 277 g/mol. The number of nitrogens with one attached hydrogen (secondary N) is 1. The number of aromatic nitrogens is 4. The number of carbonyl (C=O) groups is 1. The number of rotatable bonds is 4. The van der Waals surface area contributed by atoms with E-state index in [1.165, 1.54) is 12.5 Å². The summed E-state index contributed by atoms with van der Waals surface area (Å²) < 4.78 is 14.7. The third-order valence-electron chi connectivity index (χ3n) is 2.94. The molecule has 0 spiro atoms. The van der Waals surface area contributed by atoms with Crippen LogP contribution in [0.1, 0.15) is 36.1 Å². The van der Waals surface area contributed by atoms with Gasteiger partial charge in [0.15, 0.2) is 0 Å². The molecule has 1 N–H and O–H groups in total. The fourth-order valence-corrected chi connectivity index (χ4v) is 1.88. The van der Waals surface area contributed by atoms with Crippen molar-refractivity contribution in [3.63, 3.8) is 0 Å². The summed E-state index contributed by atoms with van der Waals surface area (Å²) in [6.45, 7) is 3.92. The van der Waals surface area contributed by atoms with Gasteiger partial charge in [-0.2, -0.15) is 5.10 Å². The van der Waals surface area contributed by atoms with Gasteiger partial charge in [0.1, 0.15) is 18.0 Å². The zero-order valence-corrected chi connectivity index (χ0v) is 11.5. The van der Waals surface area contributed by atoms with Gasteiger partial charge in [-0.1, -0.05) is 13.8 Å². The van der Waals surface area contributed by atoms with E-state index < -0.39 is 11.7 Å². The van der Waals surface area contributed by atoms with Crippen molar-refractivity contribution < 1.29 is 9.18 Å². The molecule has 0 aromatic carbocycles. The SMILES string of the molecule is CC(C)[C@@H](NC(=O)c1cncc(F)c1)c1ncnn1C. The van der Waals surface area contributed by atoms with Gasteiger partial charge in [0.25, 0.3) is 5.91 Å². The number of pyridine rings is 1. The van der Waals surface area contributed by atoms with Crippen molar-refractivity contribution in [2.45, 2.75) is 19.9 Å². The quantitative estimate of drug-likeness (QED) is 0.918. The highest BCUT2D eigenvalue weighted by Crippen LogP contribution is 2.19. The molecule has 0 bridgehead atoms. The summed E-state index contributed by atoms with van der Waals surface area (Å²) in [7, 11) is 1.76. The lowest BCUT2D eigenvalue weighted by Crippen LogP contribution is -2.33. The second-order valence-corrected chi connectivity index (χ2v) is 4.83. The van der Waals surface area contributed by atoms with E-state index >= 15 is 0 Å². The van der Waals surface area contributed by atoms with E-state index in [2.05, 4.69) is 20.4 Å². The number of carbonyl (C=O) groups excluding carboxylic acids is 1. The zero-order chi connectivity index (χ0) is 14.7. The molecule has 0 saturated heterocycles. The van der Waals surface area contributed by atoms with E-state index in [4.69, 9.17) is 0 Å². The van der Waals surface area contributed by atoms with Gasteiger partial charge in [-0.05, 0) is 12.0 Å². The molecule has 7 heteroatoms. The minimum Gasteiger partial charge on any atom is -0.342 e. The highest BCUT2D eigenvalue weighted by Gasteiger charge is 2.23. The highest BCUT2D eigenvalue weighted by molar-refractivity contribution is 5.94. The number of hydrogen-bond donors (Lipinski definition) is 1. The molecular weight excluding hydrogens is 261 g/mol. The summed E-state index contributed by atoms with van der Waals surface area (Å²) in [5.74, 6) is -0.169. The Labute approximate surface area is 116 Å². The van der Waals surface area contributed by atoms with Crippen LogP contribution in [0.2, 0.25) is 0 Å². The van der Waals surface area contributed by atoms with E-state index in [9.17, 15) is 9.18 Å². The summed E-state index contributed by atoms with van der Waals surface area (Å²) in [5, 5.41) is 6.83. The van der Waals surface area contributed by atoms with Crippen LogP contribution in [0.15, 0.2) is 24.8 Å². The maximum absolute atomic E-state index is 13.1. The Bertz CT molecular complexity index is 610. The second-order valence-electron chi connectivity index (χ2n) is 4.83. The standard InChI is InChI=1S/C13H16FN5O/c1-8(2)11(12-16-7-17-19(12)3)18-13(20)9-4-10(14)6-15-5-9/h4-8,11H,1-3H3,(H,18,20)/t11-/m1/s1. The van der Waals surface area contributed by atoms with Gasteiger partial charge >= 0.3 is 0 Å². The lowest BCUT2D eigenvalue weighted by Gasteiger charge is -2.21.